The van der Waals surface area contributed by atoms with Gasteiger partial charge in [-0.05, 0) is 68.1 Å². The molecule has 0 spiro atoms. The molecule has 21 heavy (non-hydrogen) atoms. The van der Waals surface area contributed by atoms with Gasteiger partial charge in [-0.2, -0.15) is 0 Å². The van der Waals surface area contributed by atoms with E-state index < -0.39 is 0 Å². The third-order valence-corrected chi connectivity index (χ3v) is 4.86. The van der Waals surface area contributed by atoms with E-state index in [4.69, 9.17) is 4.74 Å². The molecule has 0 amide bonds. The summed E-state index contributed by atoms with van der Waals surface area (Å²) < 4.78 is 6.72. The highest BCUT2D eigenvalue weighted by Crippen LogP contribution is 2.26. The van der Waals surface area contributed by atoms with Crippen LogP contribution in [0.2, 0.25) is 0 Å². The summed E-state index contributed by atoms with van der Waals surface area (Å²) in [7, 11) is 0. The lowest BCUT2D eigenvalue weighted by atomic mass is 10.0. The van der Waals surface area contributed by atoms with Gasteiger partial charge in [0.05, 0.1) is 0 Å². The first-order chi connectivity index (χ1) is 9.88. The van der Waals surface area contributed by atoms with Crippen molar-refractivity contribution < 1.29 is 9.53 Å². The number of Topliss-reactive ketones (excluding diaryl/α,β-unsaturated/α-hetero) is 1. The maximum atomic E-state index is 12.2. The van der Waals surface area contributed by atoms with Gasteiger partial charge in [0, 0.05) is 10.0 Å². The van der Waals surface area contributed by atoms with Crippen LogP contribution in [-0.2, 0) is 0 Å². The van der Waals surface area contributed by atoms with Crippen LogP contribution < -0.4 is 4.74 Å². The zero-order valence-electron chi connectivity index (χ0n) is 12.8. The molecule has 0 aliphatic carbocycles. The average molecular weight is 347 g/mol. The monoisotopic (exact) mass is 346 g/mol. The van der Waals surface area contributed by atoms with Gasteiger partial charge in [-0.1, -0.05) is 28.1 Å². The van der Waals surface area contributed by atoms with Crippen molar-refractivity contribution in [3.05, 3.63) is 62.6 Å². The molecular formula is C18H19BrO2. The highest BCUT2D eigenvalue weighted by atomic mass is 79.9. The molecule has 0 aliphatic heterocycles. The van der Waals surface area contributed by atoms with Crippen LogP contribution in [0.5, 0.6) is 5.75 Å². The van der Waals surface area contributed by atoms with Gasteiger partial charge in [0.1, 0.15) is 5.75 Å². The number of halogens is 1. The van der Waals surface area contributed by atoms with E-state index >= 15 is 0 Å². The fourth-order valence-electron chi connectivity index (χ4n) is 2.14. The van der Waals surface area contributed by atoms with Crippen molar-refractivity contribution in [3.63, 3.8) is 0 Å². The largest absolute Gasteiger partial charge is 0.485 e. The third kappa shape index (κ3) is 3.73. The number of benzene rings is 2. The van der Waals surface area contributed by atoms with Crippen LogP contribution in [0.4, 0.5) is 0 Å². The maximum absolute atomic E-state index is 12.2. The van der Waals surface area contributed by atoms with Crippen molar-refractivity contribution in [1.29, 1.82) is 0 Å². The van der Waals surface area contributed by atoms with Crippen molar-refractivity contribution in [1.82, 2.24) is 0 Å². The number of aryl methyl sites for hydroxylation is 4. The zero-order chi connectivity index (χ0) is 15.6. The molecular weight excluding hydrogens is 328 g/mol. The van der Waals surface area contributed by atoms with Crippen molar-refractivity contribution >= 4 is 21.7 Å². The number of hydrogen-bond acceptors (Lipinski definition) is 2. The van der Waals surface area contributed by atoms with E-state index in [9.17, 15) is 4.79 Å². The van der Waals surface area contributed by atoms with Crippen LogP contribution in [-0.4, -0.2) is 12.4 Å². The Labute approximate surface area is 134 Å². The number of carbonyl (C=O) groups is 1. The summed E-state index contributed by atoms with van der Waals surface area (Å²) >= 11 is 3.52. The smallest absolute Gasteiger partial charge is 0.200 e. The third-order valence-electron chi connectivity index (χ3n) is 3.61. The van der Waals surface area contributed by atoms with Crippen molar-refractivity contribution in [2.24, 2.45) is 0 Å². The molecule has 0 aromatic heterocycles. The topological polar surface area (TPSA) is 26.3 Å². The molecule has 2 aromatic rings. The summed E-state index contributed by atoms with van der Waals surface area (Å²) in [4.78, 5) is 12.2. The molecule has 0 fully saturated rings. The fourth-order valence-corrected chi connectivity index (χ4v) is 2.37. The van der Waals surface area contributed by atoms with Gasteiger partial charge < -0.3 is 4.74 Å². The lowest BCUT2D eigenvalue weighted by molar-refractivity contribution is 0.0921. The molecule has 2 rings (SSSR count). The molecule has 0 saturated heterocycles. The van der Waals surface area contributed by atoms with Gasteiger partial charge in [0.25, 0.3) is 0 Å². The van der Waals surface area contributed by atoms with Crippen molar-refractivity contribution in [2.75, 3.05) is 6.61 Å². The molecule has 110 valence electrons. The van der Waals surface area contributed by atoms with Crippen molar-refractivity contribution in [3.8, 4) is 5.75 Å². The van der Waals surface area contributed by atoms with E-state index in [-0.39, 0.29) is 12.4 Å². The quantitative estimate of drug-likeness (QED) is 0.732. The molecule has 2 nitrogen and oxygen atoms in total. The molecule has 0 atom stereocenters. The molecule has 0 radical (unpaired) electrons. The predicted molar refractivity (Wildman–Crippen MR) is 89.4 cm³/mol. The number of carbonyl (C=O) groups excluding carboxylic acids is 1. The molecule has 2 aromatic carbocycles. The van der Waals surface area contributed by atoms with Gasteiger partial charge in [-0.3, -0.25) is 4.79 Å². The van der Waals surface area contributed by atoms with Gasteiger partial charge in [-0.25, -0.2) is 0 Å². The SMILES string of the molecule is Cc1ccc(C(=O)COc2cc(C)c(Br)c(C)c2)cc1C. The van der Waals surface area contributed by atoms with Crippen LogP contribution in [0.15, 0.2) is 34.8 Å². The number of ketones is 1. The maximum Gasteiger partial charge on any atom is 0.200 e. The molecule has 0 unspecified atom stereocenters. The summed E-state index contributed by atoms with van der Waals surface area (Å²) in [5, 5.41) is 0. The lowest BCUT2D eigenvalue weighted by Gasteiger charge is -2.10. The van der Waals surface area contributed by atoms with Gasteiger partial charge >= 0.3 is 0 Å². The van der Waals surface area contributed by atoms with Crippen LogP contribution in [0.3, 0.4) is 0 Å². The van der Waals surface area contributed by atoms with Crippen LogP contribution in [0, 0.1) is 27.7 Å². The van der Waals surface area contributed by atoms with E-state index in [1.54, 1.807) is 0 Å². The second-order valence-electron chi connectivity index (χ2n) is 5.38. The first-order valence-electron chi connectivity index (χ1n) is 6.88. The molecule has 0 N–H and O–H groups in total. The number of rotatable bonds is 4. The van der Waals surface area contributed by atoms with Gasteiger partial charge in [-0.15, -0.1) is 0 Å². The summed E-state index contributed by atoms with van der Waals surface area (Å²) in [5.74, 6) is 0.724. The highest BCUT2D eigenvalue weighted by molar-refractivity contribution is 9.10. The van der Waals surface area contributed by atoms with Gasteiger partial charge in [0.15, 0.2) is 12.4 Å². The Kier molecular flexibility index (Phi) is 4.84. The Morgan fingerprint density at radius 1 is 0.952 bits per heavy atom. The van der Waals surface area contributed by atoms with E-state index in [2.05, 4.69) is 15.9 Å². The summed E-state index contributed by atoms with van der Waals surface area (Å²) in [6, 6.07) is 9.61. The predicted octanol–water partition coefficient (Wildman–Crippen LogP) is 4.94. The van der Waals surface area contributed by atoms with Gasteiger partial charge in [0.2, 0.25) is 0 Å². The number of hydrogen-bond donors (Lipinski definition) is 0. The Morgan fingerprint density at radius 3 is 2.14 bits per heavy atom. The first-order valence-corrected chi connectivity index (χ1v) is 7.68. The first kappa shape index (κ1) is 15.8. The summed E-state index contributed by atoms with van der Waals surface area (Å²) in [6.45, 7) is 8.12. The molecule has 0 saturated carbocycles. The minimum Gasteiger partial charge on any atom is -0.485 e. The Balaban J connectivity index is 2.09. The Morgan fingerprint density at radius 2 is 1.57 bits per heavy atom. The fraction of sp³-hybridized carbons (Fsp3) is 0.278. The summed E-state index contributed by atoms with van der Waals surface area (Å²) in [5.41, 5.74) is 5.21. The minimum atomic E-state index is -0.00340. The second-order valence-corrected chi connectivity index (χ2v) is 6.17. The normalized spacial score (nSPS) is 10.5. The second kappa shape index (κ2) is 6.44. The molecule has 3 heteroatoms. The minimum absolute atomic E-state index is 0.00340. The van der Waals surface area contributed by atoms with E-state index in [0.717, 1.165) is 26.9 Å². The Bertz CT molecular complexity index is 667. The Hall–Kier alpha value is -1.61. The van der Waals surface area contributed by atoms with E-state index in [1.807, 2.05) is 58.0 Å². The molecule has 0 bridgehead atoms. The lowest BCUT2D eigenvalue weighted by Crippen LogP contribution is -2.12. The zero-order valence-corrected chi connectivity index (χ0v) is 14.4. The molecule has 0 heterocycles. The van der Waals surface area contributed by atoms with Crippen LogP contribution in [0.25, 0.3) is 0 Å². The van der Waals surface area contributed by atoms with E-state index in [0.29, 0.717) is 5.56 Å². The van der Waals surface area contributed by atoms with E-state index in [1.165, 1.54) is 5.56 Å². The summed E-state index contributed by atoms with van der Waals surface area (Å²) in [6.07, 6.45) is 0. The number of ether oxygens (including phenoxy) is 1. The molecule has 0 aliphatic rings. The van der Waals surface area contributed by atoms with Crippen LogP contribution in [0.1, 0.15) is 32.6 Å². The van der Waals surface area contributed by atoms with Crippen molar-refractivity contribution in [2.45, 2.75) is 27.7 Å². The standard InChI is InChI=1S/C18H19BrO2/c1-11-5-6-15(7-12(11)2)17(20)10-21-16-8-13(3)18(19)14(4)9-16/h5-9H,10H2,1-4H3. The highest BCUT2D eigenvalue weighted by Gasteiger charge is 2.09. The van der Waals surface area contributed by atoms with Crippen LogP contribution >= 0.6 is 15.9 Å². The average Bonchev–Trinajstić information content (AvgIpc) is 2.44.